The molecule has 4 aromatic carbocycles. The van der Waals surface area contributed by atoms with Gasteiger partial charge in [0.2, 0.25) is 53.2 Å². The number of methoxy groups -OCH3 is 1. The van der Waals surface area contributed by atoms with Gasteiger partial charge in [-0.15, -0.1) is 0 Å². The lowest BCUT2D eigenvalue weighted by atomic mass is 9.87. The number of anilines is 2. The summed E-state index contributed by atoms with van der Waals surface area (Å²) in [5.41, 5.74) is 20.0. The summed E-state index contributed by atoms with van der Waals surface area (Å²) in [6, 6.07) is 30.5. The van der Waals surface area contributed by atoms with Crippen molar-refractivity contribution in [1.82, 2.24) is 61.2 Å². The second-order valence-corrected chi connectivity index (χ2v) is 34.4. The highest BCUT2D eigenvalue weighted by atomic mass is 16.6. The summed E-state index contributed by atoms with van der Waals surface area (Å²) < 4.78 is 87.3. The van der Waals surface area contributed by atoms with Crippen molar-refractivity contribution >= 4 is 86.7 Å². The highest BCUT2D eigenvalue weighted by molar-refractivity contribution is 6.07. The second kappa shape index (κ2) is 59.4. The van der Waals surface area contributed by atoms with E-state index in [1.165, 1.54) is 12.0 Å². The molecule has 0 bridgehead atoms. The minimum atomic E-state index is -1.39. The number of rotatable bonds is 67. The lowest BCUT2D eigenvalue weighted by molar-refractivity contribution is -0.134. The van der Waals surface area contributed by atoms with Crippen molar-refractivity contribution in [3.05, 3.63) is 148 Å². The van der Waals surface area contributed by atoms with Crippen molar-refractivity contribution in [3.63, 3.8) is 0 Å². The zero-order chi connectivity index (χ0) is 99.8. The third kappa shape index (κ3) is 36.1. The molecule has 7 aromatic rings. The van der Waals surface area contributed by atoms with Crippen LogP contribution in [-0.4, -0.2) is 351 Å². The van der Waals surface area contributed by atoms with E-state index in [4.69, 9.17) is 98.2 Å². The number of carbonyl (C=O) groups excluding carboxylic acids is 9. The molecule has 0 spiro atoms. The minimum absolute atomic E-state index is 0.0390. The SMILES string of the molecule is COc1ccc(C#CCNC2(C)CCN(C3CCN(c4nc([C@@](COCNC(=O)CNC(=O)[C@H](Cc5ccccc5)NC(=O)CNC(=O)CN)(OC5CC5)c5ccccc5)c5cc(-c6cn(C)c(=O)c7[nH]ccc67)ccc5n4)CC3)CC2)cc1N1CCC(=O)N(CNC(=O)[C@H](COCCOCCOCCOCCOCCOCCOCCOCCOCCOCCOCCOCCC(N)=O)CC(N)=O)C1=O. The van der Waals surface area contributed by atoms with Gasteiger partial charge in [0.1, 0.15) is 30.7 Å². The molecule has 768 valence electrons. The van der Waals surface area contributed by atoms with Crippen LogP contribution in [0.15, 0.2) is 120 Å². The monoisotopic (exact) mass is 1960 g/mol. The molecule has 42 nitrogen and oxygen atoms in total. The molecule has 13 N–H and O–H groups in total. The lowest BCUT2D eigenvalue weighted by Gasteiger charge is -2.45. The van der Waals surface area contributed by atoms with Gasteiger partial charge in [0.25, 0.3) is 5.56 Å². The second-order valence-electron chi connectivity index (χ2n) is 34.4. The van der Waals surface area contributed by atoms with E-state index in [-0.39, 0.29) is 108 Å². The van der Waals surface area contributed by atoms with Gasteiger partial charge in [-0.05, 0) is 98.5 Å². The van der Waals surface area contributed by atoms with E-state index in [9.17, 15) is 47.9 Å². The van der Waals surface area contributed by atoms with E-state index in [2.05, 4.69) is 65.4 Å². The van der Waals surface area contributed by atoms with Crippen molar-refractivity contribution in [3.8, 4) is 28.7 Å². The fraction of sp³-hybridized carbons (Fsp3) is 0.556. The van der Waals surface area contributed by atoms with E-state index in [1.54, 1.807) is 48.1 Å². The van der Waals surface area contributed by atoms with Crippen LogP contribution in [-0.2, 0) is 124 Å². The van der Waals surface area contributed by atoms with E-state index in [0.29, 0.717) is 190 Å². The Morgan fingerprint density at radius 1 is 0.596 bits per heavy atom. The summed E-state index contributed by atoms with van der Waals surface area (Å²) in [6.45, 7) is 12.0. The Morgan fingerprint density at radius 3 is 1.75 bits per heavy atom. The van der Waals surface area contributed by atoms with Crippen LogP contribution in [0.3, 0.4) is 0 Å². The predicted molar refractivity (Wildman–Crippen MR) is 520 cm³/mol. The number of fused-ring (bicyclic) bond motifs is 2. The number of urea groups is 1. The summed E-state index contributed by atoms with van der Waals surface area (Å²) in [5, 5.41) is 18.3. The molecule has 141 heavy (non-hydrogen) atoms. The van der Waals surface area contributed by atoms with Crippen LogP contribution in [0.2, 0.25) is 0 Å². The molecule has 3 saturated heterocycles. The van der Waals surface area contributed by atoms with Crippen molar-refractivity contribution in [2.24, 2.45) is 30.2 Å². The molecule has 10 amide bonds. The number of piperidine rings is 2. The van der Waals surface area contributed by atoms with Gasteiger partial charge in [0.15, 0.2) is 5.60 Å². The smallest absolute Gasteiger partial charge is 0.332 e. The minimum Gasteiger partial charge on any atom is -0.495 e. The maximum absolute atomic E-state index is 14.2. The van der Waals surface area contributed by atoms with Crippen molar-refractivity contribution < 1.29 is 114 Å². The number of nitrogens with two attached hydrogens (primary N) is 3. The van der Waals surface area contributed by atoms with Crippen LogP contribution in [0.5, 0.6) is 5.75 Å². The van der Waals surface area contributed by atoms with Crippen LogP contribution < -0.4 is 69.2 Å². The highest BCUT2D eigenvalue weighted by Crippen LogP contribution is 2.45. The molecule has 1 saturated carbocycles. The summed E-state index contributed by atoms with van der Waals surface area (Å²) in [6.07, 6.45) is 8.30. The first kappa shape index (κ1) is 110. The number of imide groups is 1. The fourth-order valence-electron chi connectivity index (χ4n) is 16.1. The number of aryl methyl sites for hydroxylation is 1. The number of ether oxygens (including phenoxy) is 15. The molecule has 1 aliphatic carbocycles. The number of amides is 10. The number of nitrogens with one attached hydrogen (secondary N) is 7. The molecule has 11 rings (SSSR count). The number of hydrogen-bond acceptors (Lipinski definition) is 31. The maximum Gasteiger partial charge on any atom is 0.332 e. The van der Waals surface area contributed by atoms with Gasteiger partial charge in [0.05, 0.1) is 227 Å². The maximum atomic E-state index is 14.2. The number of nitrogens with zero attached hydrogens (tertiary/aromatic N) is 7. The molecular formula is C99H137N17O25. The Labute approximate surface area is 820 Å². The van der Waals surface area contributed by atoms with Crippen LogP contribution in [0.1, 0.15) is 87.1 Å². The Balaban J connectivity index is 0.589. The van der Waals surface area contributed by atoms with Gasteiger partial charge in [0, 0.05) is 111 Å². The Kier molecular flexibility index (Phi) is 46.2. The number of likely N-dealkylation sites (tertiary alicyclic amines) is 1. The summed E-state index contributed by atoms with van der Waals surface area (Å²) >= 11 is 0. The Hall–Kier alpha value is -11.6. The average Bonchev–Trinajstić information content (AvgIpc) is 1.70. The quantitative estimate of drug-likeness (QED) is 0.0148. The summed E-state index contributed by atoms with van der Waals surface area (Å²) in [7, 11) is 3.20. The number of hydrogen-bond donors (Lipinski definition) is 10. The first-order valence-electron chi connectivity index (χ1n) is 48.1. The number of carbonyl (C=O) groups is 9. The fourth-order valence-corrected chi connectivity index (χ4v) is 16.1. The molecule has 42 heteroatoms. The first-order valence-corrected chi connectivity index (χ1v) is 48.1. The third-order valence-electron chi connectivity index (χ3n) is 24.0. The van der Waals surface area contributed by atoms with Gasteiger partial charge >= 0.3 is 6.03 Å². The third-order valence-corrected chi connectivity index (χ3v) is 24.0. The van der Waals surface area contributed by atoms with Crippen LogP contribution in [0, 0.1) is 17.8 Å². The number of aromatic nitrogens is 4. The van der Waals surface area contributed by atoms with E-state index in [0.717, 1.165) is 84.2 Å². The van der Waals surface area contributed by atoms with E-state index >= 15 is 0 Å². The molecule has 3 aliphatic heterocycles. The first-order chi connectivity index (χ1) is 68.6. The van der Waals surface area contributed by atoms with E-state index < -0.39 is 90.6 Å². The zero-order valence-corrected chi connectivity index (χ0v) is 80.9. The summed E-state index contributed by atoms with van der Waals surface area (Å²) in [5.74, 6) is 1.76. The zero-order valence-electron chi connectivity index (χ0n) is 80.9. The standard InChI is InChI=1S/C99H137N17O25/c1-98(108-29-10-13-72-16-21-84(127-3)83(60-72)115-33-25-90(122)116(97(115)126)69-106-93(123)74(62-86(102)118)67-139-58-57-138-56-55-137-54-53-136-52-51-135-50-49-134-48-47-133-46-45-132-44-43-131-42-41-130-40-39-129-38-37-128-36-26-85(101)117)27-34-113(35-28-98)76-23-31-114(32-24-76)96-110-81-20-17-73(80-66-112(2)95(125)91-78(80)22-30-103-91)61-79(81)92(111-96)99(141-77-18-19-77,75-14-8-5-9-15-75)68-140-70-107-88(120)64-105-94(124)82(59-71-11-6-4-7-12-71)109-89(121)65-104-87(119)63-100/h4-9,11-12,14-17,20-22,30,60-61,66,74,76-77,82,103,108H,18-19,23-29,31-59,62-65,67-70,100H2,1-3H3,(H2,101,117)(H2,102,118)(H,104,119)(H,105,124)(H,106,123)(H,107,120)(H,109,121)/t74-,82-,99-/m0/s1. The molecule has 4 fully saturated rings. The largest absolute Gasteiger partial charge is 0.495 e. The van der Waals surface area contributed by atoms with Crippen LogP contribution in [0.25, 0.3) is 32.9 Å². The molecule has 3 atom stereocenters. The van der Waals surface area contributed by atoms with Crippen LogP contribution in [0.4, 0.5) is 16.4 Å². The average molecular weight is 1970 g/mol. The van der Waals surface area contributed by atoms with Crippen LogP contribution >= 0.6 is 0 Å². The predicted octanol–water partition coefficient (Wildman–Crippen LogP) is 2.18. The number of aromatic amines is 1. The van der Waals surface area contributed by atoms with Gasteiger partial charge in [-0.25, -0.2) is 19.7 Å². The van der Waals surface area contributed by atoms with Crippen molar-refractivity contribution in [2.45, 2.75) is 100 Å². The number of benzene rings is 4. The molecule has 4 aliphatic rings. The van der Waals surface area contributed by atoms with Gasteiger partial charge in [-0.1, -0.05) is 78.6 Å². The normalized spacial score (nSPS) is 15.5. The summed E-state index contributed by atoms with van der Waals surface area (Å²) in [4.78, 5) is 151. The number of H-pyrrole nitrogens is 1. The Bertz CT molecular complexity index is 5240. The molecule has 0 radical (unpaired) electrons. The molecule has 0 unspecified atom stereocenters. The Morgan fingerprint density at radius 2 is 1.18 bits per heavy atom. The van der Waals surface area contributed by atoms with Crippen molar-refractivity contribution in [1.29, 1.82) is 0 Å². The van der Waals surface area contributed by atoms with Crippen molar-refractivity contribution in [2.75, 3.05) is 254 Å². The highest BCUT2D eigenvalue weighted by Gasteiger charge is 2.46. The number of primary amides is 2. The topological polar surface area (TPSA) is 519 Å². The van der Waals surface area contributed by atoms with Gasteiger partial charge < -0.3 is 140 Å². The molecule has 3 aromatic heterocycles. The lowest BCUT2D eigenvalue weighted by Crippen LogP contribution is -2.56. The van der Waals surface area contributed by atoms with Gasteiger partial charge in [-0.3, -0.25) is 48.1 Å². The molecule has 6 heterocycles. The number of pyridine rings is 1. The van der Waals surface area contributed by atoms with Gasteiger partial charge in [-0.2, -0.15) is 0 Å². The van der Waals surface area contributed by atoms with E-state index in [1.807, 2.05) is 79.0 Å². The molecular weight excluding hydrogens is 1830 g/mol.